The van der Waals surface area contributed by atoms with Crippen molar-refractivity contribution >= 4 is 5.95 Å². The van der Waals surface area contributed by atoms with Gasteiger partial charge in [0.15, 0.2) is 0 Å². The van der Waals surface area contributed by atoms with E-state index in [0.29, 0.717) is 5.92 Å². The smallest absolute Gasteiger partial charge is 0.225 e. The average Bonchev–Trinajstić information content (AvgIpc) is 2.67. The van der Waals surface area contributed by atoms with Crippen LogP contribution in [0.2, 0.25) is 0 Å². The highest BCUT2D eigenvalue weighted by molar-refractivity contribution is 5.30. The minimum atomic E-state index is 0.267. The van der Waals surface area contributed by atoms with Crippen molar-refractivity contribution in [3.63, 3.8) is 0 Å². The second-order valence-electron chi connectivity index (χ2n) is 3.33. The Labute approximate surface area is 77.2 Å². The standard InChI is InChI=1S/C9H13N3O/c13-7-8-2-5-12(6-8)9-10-3-1-4-11-9/h1,3-4,8,13H,2,5-7H2/t8-/m1/s1. The van der Waals surface area contributed by atoms with Crippen LogP contribution >= 0.6 is 0 Å². The summed E-state index contributed by atoms with van der Waals surface area (Å²) in [6.45, 7) is 2.10. The van der Waals surface area contributed by atoms with Gasteiger partial charge in [0.2, 0.25) is 5.95 Å². The lowest BCUT2D eigenvalue weighted by Crippen LogP contribution is -2.22. The maximum Gasteiger partial charge on any atom is 0.225 e. The van der Waals surface area contributed by atoms with E-state index in [-0.39, 0.29) is 6.61 Å². The summed E-state index contributed by atoms with van der Waals surface area (Å²) in [4.78, 5) is 10.4. The summed E-state index contributed by atoms with van der Waals surface area (Å²) in [7, 11) is 0. The summed E-state index contributed by atoms with van der Waals surface area (Å²) in [5.41, 5.74) is 0. The molecule has 1 fully saturated rings. The number of nitrogens with zero attached hydrogens (tertiary/aromatic N) is 3. The predicted molar refractivity (Wildman–Crippen MR) is 49.4 cm³/mol. The molecule has 2 rings (SSSR count). The van der Waals surface area contributed by atoms with Crippen LogP contribution in [0.3, 0.4) is 0 Å². The molecule has 1 aromatic rings. The Balaban J connectivity index is 2.04. The molecule has 0 unspecified atom stereocenters. The quantitative estimate of drug-likeness (QED) is 0.709. The minimum Gasteiger partial charge on any atom is -0.396 e. The van der Waals surface area contributed by atoms with Crippen molar-refractivity contribution in [2.24, 2.45) is 5.92 Å². The van der Waals surface area contributed by atoms with Crippen LogP contribution in [0.25, 0.3) is 0 Å². The summed E-state index contributed by atoms with van der Waals surface area (Å²) in [6, 6.07) is 1.81. The second kappa shape index (κ2) is 3.70. The molecule has 0 saturated carbocycles. The van der Waals surface area contributed by atoms with Crippen LogP contribution < -0.4 is 4.90 Å². The van der Waals surface area contributed by atoms with Crippen molar-refractivity contribution in [3.8, 4) is 0 Å². The van der Waals surface area contributed by atoms with Gasteiger partial charge in [0.25, 0.3) is 0 Å². The summed E-state index contributed by atoms with van der Waals surface area (Å²) in [5.74, 6) is 1.17. The van der Waals surface area contributed by atoms with E-state index in [2.05, 4.69) is 14.9 Å². The SMILES string of the molecule is OC[C@@H]1CCN(c2ncccn2)C1. The van der Waals surface area contributed by atoms with Crippen molar-refractivity contribution in [2.45, 2.75) is 6.42 Å². The fraction of sp³-hybridized carbons (Fsp3) is 0.556. The monoisotopic (exact) mass is 179 g/mol. The highest BCUT2D eigenvalue weighted by Gasteiger charge is 2.22. The van der Waals surface area contributed by atoms with Crippen LogP contribution in [0.4, 0.5) is 5.95 Å². The highest BCUT2D eigenvalue weighted by atomic mass is 16.3. The molecule has 4 nitrogen and oxygen atoms in total. The predicted octanol–water partition coefficient (Wildman–Crippen LogP) is 0.295. The third kappa shape index (κ3) is 1.78. The molecule has 1 aliphatic rings. The minimum absolute atomic E-state index is 0.267. The van der Waals surface area contributed by atoms with E-state index in [1.807, 2.05) is 6.07 Å². The Hall–Kier alpha value is -1.16. The number of anilines is 1. The van der Waals surface area contributed by atoms with Gasteiger partial charge in [-0.25, -0.2) is 9.97 Å². The molecule has 2 heterocycles. The van der Waals surface area contributed by atoms with Gasteiger partial charge in [-0.1, -0.05) is 0 Å². The lowest BCUT2D eigenvalue weighted by Gasteiger charge is -2.14. The van der Waals surface area contributed by atoms with E-state index in [9.17, 15) is 0 Å². The summed E-state index contributed by atoms with van der Waals surface area (Å²) < 4.78 is 0. The number of rotatable bonds is 2. The molecule has 0 bridgehead atoms. The Bertz CT molecular complexity index is 265. The van der Waals surface area contributed by atoms with Gasteiger partial charge in [-0.2, -0.15) is 0 Å². The lowest BCUT2D eigenvalue weighted by atomic mass is 10.1. The first kappa shape index (κ1) is 8.44. The molecule has 0 spiro atoms. The van der Waals surface area contributed by atoms with Crippen molar-refractivity contribution in [1.29, 1.82) is 0 Å². The molecule has 13 heavy (non-hydrogen) atoms. The Morgan fingerprint density at radius 2 is 2.23 bits per heavy atom. The number of aliphatic hydroxyl groups is 1. The molecule has 1 aliphatic heterocycles. The zero-order valence-corrected chi connectivity index (χ0v) is 7.43. The second-order valence-corrected chi connectivity index (χ2v) is 3.33. The van der Waals surface area contributed by atoms with Gasteiger partial charge in [-0.05, 0) is 12.5 Å². The van der Waals surface area contributed by atoms with Gasteiger partial charge in [0, 0.05) is 38.0 Å². The van der Waals surface area contributed by atoms with Gasteiger partial charge < -0.3 is 10.0 Å². The number of hydrogen-bond donors (Lipinski definition) is 1. The Morgan fingerprint density at radius 3 is 2.85 bits per heavy atom. The van der Waals surface area contributed by atoms with Gasteiger partial charge in [0.05, 0.1) is 0 Å². The first-order chi connectivity index (χ1) is 6.40. The van der Waals surface area contributed by atoms with Gasteiger partial charge in [0.1, 0.15) is 0 Å². The molecule has 1 saturated heterocycles. The molecule has 1 atom stereocenters. The summed E-state index contributed by atoms with van der Waals surface area (Å²) in [5, 5.41) is 8.96. The first-order valence-corrected chi connectivity index (χ1v) is 4.53. The topological polar surface area (TPSA) is 49.2 Å². The van der Waals surface area contributed by atoms with Gasteiger partial charge in [-0.3, -0.25) is 0 Å². The van der Waals surface area contributed by atoms with Crippen molar-refractivity contribution in [1.82, 2.24) is 9.97 Å². The van der Waals surface area contributed by atoms with Crippen molar-refractivity contribution in [3.05, 3.63) is 18.5 Å². The molecule has 0 aromatic carbocycles. The maximum atomic E-state index is 8.96. The van der Waals surface area contributed by atoms with E-state index in [1.54, 1.807) is 12.4 Å². The van der Waals surface area contributed by atoms with Crippen LogP contribution in [0.5, 0.6) is 0 Å². The zero-order valence-electron chi connectivity index (χ0n) is 7.43. The molecule has 1 aromatic heterocycles. The molecule has 0 radical (unpaired) electrons. The van der Waals surface area contributed by atoms with Crippen LogP contribution in [0.15, 0.2) is 18.5 Å². The van der Waals surface area contributed by atoms with Crippen LogP contribution in [-0.2, 0) is 0 Å². The number of aliphatic hydroxyl groups excluding tert-OH is 1. The molecular weight excluding hydrogens is 166 g/mol. The molecule has 0 aliphatic carbocycles. The summed E-state index contributed by atoms with van der Waals surface area (Å²) in [6.07, 6.45) is 4.53. The van der Waals surface area contributed by atoms with E-state index >= 15 is 0 Å². The number of hydrogen-bond acceptors (Lipinski definition) is 4. The molecule has 1 N–H and O–H groups in total. The lowest BCUT2D eigenvalue weighted by molar-refractivity contribution is 0.238. The zero-order chi connectivity index (χ0) is 9.10. The third-order valence-electron chi connectivity index (χ3n) is 2.38. The normalized spacial score (nSPS) is 22.2. The van der Waals surface area contributed by atoms with Crippen LogP contribution in [0, 0.1) is 5.92 Å². The third-order valence-corrected chi connectivity index (χ3v) is 2.38. The molecule has 70 valence electrons. The van der Waals surface area contributed by atoms with E-state index in [4.69, 9.17) is 5.11 Å². The van der Waals surface area contributed by atoms with E-state index < -0.39 is 0 Å². The maximum absolute atomic E-state index is 8.96. The van der Waals surface area contributed by atoms with Crippen molar-refractivity contribution < 1.29 is 5.11 Å². The molecular formula is C9H13N3O. The van der Waals surface area contributed by atoms with Gasteiger partial charge >= 0.3 is 0 Å². The van der Waals surface area contributed by atoms with Crippen molar-refractivity contribution in [2.75, 3.05) is 24.6 Å². The summed E-state index contributed by atoms with van der Waals surface area (Å²) >= 11 is 0. The van der Waals surface area contributed by atoms with E-state index in [0.717, 1.165) is 25.5 Å². The molecule has 0 amide bonds. The fourth-order valence-electron chi connectivity index (χ4n) is 1.62. The molecule has 4 heteroatoms. The first-order valence-electron chi connectivity index (χ1n) is 4.53. The highest BCUT2D eigenvalue weighted by Crippen LogP contribution is 2.19. The average molecular weight is 179 g/mol. The fourth-order valence-corrected chi connectivity index (χ4v) is 1.62. The largest absolute Gasteiger partial charge is 0.396 e. The van der Waals surface area contributed by atoms with E-state index in [1.165, 1.54) is 0 Å². The van der Waals surface area contributed by atoms with Gasteiger partial charge in [-0.15, -0.1) is 0 Å². The van der Waals surface area contributed by atoms with Crippen LogP contribution in [-0.4, -0.2) is 34.8 Å². The number of aromatic nitrogens is 2. The Morgan fingerprint density at radius 1 is 1.46 bits per heavy atom. The van der Waals surface area contributed by atoms with Crippen LogP contribution in [0.1, 0.15) is 6.42 Å². The Kier molecular flexibility index (Phi) is 2.40.